The molecule has 3 heterocycles. The fraction of sp³-hybridized carbons (Fsp3) is 0.542. The molecule has 0 bridgehead atoms. The molecular formula is C24H31FN4O2. The van der Waals surface area contributed by atoms with Gasteiger partial charge in [0.15, 0.2) is 0 Å². The first-order valence-electron chi connectivity index (χ1n) is 11.2. The molecule has 2 saturated heterocycles. The maximum atomic E-state index is 14.4. The number of amides is 1. The molecule has 0 spiro atoms. The van der Waals surface area contributed by atoms with Crippen LogP contribution in [-0.2, 0) is 16.0 Å². The highest BCUT2D eigenvalue weighted by atomic mass is 19.1. The first kappa shape index (κ1) is 21.7. The number of carbonyl (C=O) groups is 1. The molecule has 1 amide bonds. The Morgan fingerprint density at radius 3 is 2.58 bits per heavy atom. The van der Waals surface area contributed by atoms with Crippen LogP contribution >= 0.6 is 0 Å². The summed E-state index contributed by atoms with van der Waals surface area (Å²) in [6.07, 6.45) is 1.26. The second kappa shape index (κ2) is 9.30. The van der Waals surface area contributed by atoms with Gasteiger partial charge in [-0.2, -0.15) is 0 Å². The van der Waals surface area contributed by atoms with E-state index in [1.54, 1.807) is 6.07 Å². The van der Waals surface area contributed by atoms with Gasteiger partial charge in [-0.25, -0.2) is 14.4 Å². The normalized spacial score (nSPS) is 19.3. The van der Waals surface area contributed by atoms with E-state index in [2.05, 4.69) is 18.7 Å². The van der Waals surface area contributed by atoms with E-state index < -0.39 is 0 Å². The molecule has 0 aliphatic carbocycles. The predicted molar refractivity (Wildman–Crippen MR) is 118 cm³/mol. The standard InChI is InChI=1S/C24H31FN4O2/c1-16(2)22-26-17(3)20(14-18-6-4-5-7-21(18)25)23(27-22)28-9-11-29(12-10-28)24(30)19-8-13-31-15-19/h4-7,16,19H,8-15H2,1-3H3/t19-/m0/s1. The molecule has 0 radical (unpaired) electrons. The number of halogens is 1. The van der Waals surface area contributed by atoms with E-state index in [-0.39, 0.29) is 23.6 Å². The van der Waals surface area contributed by atoms with Crippen molar-refractivity contribution >= 4 is 11.7 Å². The lowest BCUT2D eigenvalue weighted by molar-refractivity contribution is -0.135. The van der Waals surface area contributed by atoms with Gasteiger partial charge in [0.1, 0.15) is 17.5 Å². The number of aromatic nitrogens is 2. The Bertz CT molecular complexity index is 935. The maximum absolute atomic E-state index is 14.4. The Labute approximate surface area is 183 Å². The number of carbonyl (C=O) groups excluding carboxylic acids is 1. The number of ether oxygens (including phenoxy) is 1. The quantitative estimate of drug-likeness (QED) is 0.734. The SMILES string of the molecule is Cc1nc(C(C)C)nc(N2CCN(C(=O)[C@H]3CCOC3)CC2)c1Cc1ccccc1F. The summed E-state index contributed by atoms with van der Waals surface area (Å²) in [5.41, 5.74) is 2.49. The van der Waals surface area contributed by atoms with Crippen LogP contribution in [0.2, 0.25) is 0 Å². The van der Waals surface area contributed by atoms with E-state index in [4.69, 9.17) is 14.7 Å². The molecule has 1 aromatic heterocycles. The van der Waals surface area contributed by atoms with Crippen LogP contribution in [0.3, 0.4) is 0 Å². The molecule has 0 unspecified atom stereocenters. The highest BCUT2D eigenvalue weighted by Gasteiger charge is 2.31. The van der Waals surface area contributed by atoms with E-state index in [1.807, 2.05) is 24.0 Å². The van der Waals surface area contributed by atoms with Gasteiger partial charge < -0.3 is 14.5 Å². The molecular weight excluding hydrogens is 395 g/mol. The summed E-state index contributed by atoms with van der Waals surface area (Å²) < 4.78 is 19.8. The monoisotopic (exact) mass is 426 g/mol. The van der Waals surface area contributed by atoms with Gasteiger partial charge in [0.25, 0.3) is 0 Å². The summed E-state index contributed by atoms with van der Waals surface area (Å²) in [6.45, 7) is 10.1. The lowest BCUT2D eigenvalue weighted by Gasteiger charge is -2.37. The number of benzene rings is 1. The minimum atomic E-state index is -0.213. The van der Waals surface area contributed by atoms with Crippen LogP contribution in [0.5, 0.6) is 0 Å². The van der Waals surface area contributed by atoms with Crippen molar-refractivity contribution in [3.63, 3.8) is 0 Å². The molecule has 2 fully saturated rings. The summed E-state index contributed by atoms with van der Waals surface area (Å²) in [7, 11) is 0. The van der Waals surface area contributed by atoms with Crippen LogP contribution in [0.15, 0.2) is 24.3 Å². The van der Waals surface area contributed by atoms with Crippen molar-refractivity contribution in [3.05, 3.63) is 52.7 Å². The van der Waals surface area contributed by atoms with Crippen molar-refractivity contribution in [3.8, 4) is 0 Å². The first-order valence-corrected chi connectivity index (χ1v) is 11.2. The number of piperazine rings is 1. The second-order valence-corrected chi connectivity index (χ2v) is 8.77. The molecule has 6 nitrogen and oxygen atoms in total. The molecule has 4 rings (SSSR count). The van der Waals surface area contributed by atoms with Crippen LogP contribution in [0.25, 0.3) is 0 Å². The largest absolute Gasteiger partial charge is 0.381 e. The van der Waals surface area contributed by atoms with Crippen LogP contribution in [0.4, 0.5) is 10.2 Å². The topological polar surface area (TPSA) is 58.6 Å². The van der Waals surface area contributed by atoms with Crippen molar-refractivity contribution in [2.45, 2.75) is 39.5 Å². The van der Waals surface area contributed by atoms with E-state index in [9.17, 15) is 9.18 Å². The summed E-state index contributed by atoms with van der Waals surface area (Å²) in [4.78, 5) is 26.5. The average Bonchev–Trinajstić information content (AvgIpc) is 3.31. The molecule has 7 heteroatoms. The lowest BCUT2D eigenvalue weighted by Crippen LogP contribution is -2.51. The molecule has 2 aliphatic heterocycles. The minimum Gasteiger partial charge on any atom is -0.381 e. The predicted octanol–water partition coefficient (Wildman–Crippen LogP) is 3.32. The van der Waals surface area contributed by atoms with Crippen LogP contribution in [0.1, 0.15) is 48.8 Å². The van der Waals surface area contributed by atoms with Crippen molar-refractivity contribution in [1.82, 2.24) is 14.9 Å². The van der Waals surface area contributed by atoms with Gasteiger partial charge in [0, 0.05) is 56.4 Å². The van der Waals surface area contributed by atoms with Crippen molar-refractivity contribution in [2.75, 3.05) is 44.3 Å². The number of nitrogens with zero attached hydrogens (tertiary/aromatic N) is 4. The number of hydrogen-bond donors (Lipinski definition) is 0. The molecule has 166 valence electrons. The highest BCUT2D eigenvalue weighted by Crippen LogP contribution is 2.28. The van der Waals surface area contributed by atoms with Gasteiger partial charge in [0.05, 0.1) is 12.5 Å². The van der Waals surface area contributed by atoms with Crippen LogP contribution in [0, 0.1) is 18.7 Å². The number of rotatable bonds is 5. The molecule has 0 saturated carbocycles. The summed E-state index contributed by atoms with van der Waals surface area (Å²) in [6, 6.07) is 6.87. The lowest BCUT2D eigenvalue weighted by atomic mass is 10.0. The van der Waals surface area contributed by atoms with E-state index in [0.717, 1.165) is 29.3 Å². The molecule has 1 atom stereocenters. The van der Waals surface area contributed by atoms with E-state index in [1.165, 1.54) is 6.07 Å². The van der Waals surface area contributed by atoms with Gasteiger partial charge in [-0.1, -0.05) is 32.0 Å². The Morgan fingerprint density at radius 1 is 1.19 bits per heavy atom. The zero-order valence-corrected chi connectivity index (χ0v) is 18.6. The van der Waals surface area contributed by atoms with Crippen LogP contribution < -0.4 is 4.90 Å². The number of aryl methyl sites for hydroxylation is 1. The van der Waals surface area contributed by atoms with Gasteiger partial charge in [0.2, 0.25) is 5.91 Å². The molecule has 0 N–H and O–H groups in total. The molecule has 2 aliphatic rings. The van der Waals surface area contributed by atoms with Crippen LogP contribution in [-0.4, -0.2) is 60.2 Å². The smallest absolute Gasteiger partial charge is 0.228 e. The minimum absolute atomic E-state index is 0.00277. The Balaban J connectivity index is 1.57. The summed E-state index contributed by atoms with van der Waals surface area (Å²) in [5, 5.41) is 0. The van der Waals surface area contributed by atoms with E-state index >= 15 is 0 Å². The highest BCUT2D eigenvalue weighted by molar-refractivity contribution is 5.79. The van der Waals surface area contributed by atoms with Gasteiger partial charge in [-0.3, -0.25) is 4.79 Å². The maximum Gasteiger partial charge on any atom is 0.228 e. The second-order valence-electron chi connectivity index (χ2n) is 8.77. The number of hydrogen-bond acceptors (Lipinski definition) is 5. The van der Waals surface area contributed by atoms with E-state index in [0.29, 0.717) is 51.4 Å². The van der Waals surface area contributed by atoms with Gasteiger partial charge in [-0.05, 0) is 25.0 Å². The molecule has 1 aromatic carbocycles. The first-order chi connectivity index (χ1) is 14.9. The Morgan fingerprint density at radius 2 is 1.94 bits per heavy atom. The van der Waals surface area contributed by atoms with Gasteiger partial charge >= 0.3 is 0 Å². The number of anilines is 1. The third kappa shape index (κ3) is 4.71. The summed E-state index contributed by atoms with van der Waals surface area (Å²) in [5.74, 6) is 1.85. The zero-order chi connectivity index (χ0) is 22.0. The van der Waals surface area contributed by atoms with Gasteiger partial charge in [-0.15, -0.1) is 0 Å². The summed E-state index contributed by atoms with van der Waals surface area (Å²) >= 11 is 0. The fourth-order valence-electron chi connectivity index (χ4n) is 4.29. The Kier molecular flexibility index (Phi) is 6.51. The zero-order valence-electron chi connectivity index (χ0n) is 18.6. The third-order valence-electron chi connectivity index (χ3n) is 6.22. The third-order valence-corrected chi connectivity index (χ3v) is 6.22. The Hall–Kier alpha value is -2.54. The van der Waals surface area contributed by atoms with Crippen molar-refractivity contribution in [2.24, 2.45) is 5.92 Å². The molecule has 31 heavy (non-hydrogen) atoms. The van der Waals surface area contributed by atoms with Crippen molar-refractivity contribution in [1.29, 1.82) is 0 Å². The average molecular weight is 427 g/mol. The fourth-order valence-corrected chi connectivity index (χ4v) is 4.29. The molecule has 2 aromatic rings. The van der Waals surface area contributed by atoms with Crippen molar-refractivity contribution < 1.29 is 13.9 Å².